The standard InChI is InChI=1S/C19H30N2O/c1-16-9-11-17(12-10-16)6-3-4-8-19(22)21-13-5-7-18(15-21)14-20-2/h9-12,18,20H,3-8,13-15H2,1-2H3. The van der Waals surface area contributed by atoms with Crippen molar-refractivity contribution in [2.45, 2.75) is 45.4 Å². The van der Waals surface area contributed by atoms with Gasteiger partial charge in [0.05, 0.1) is 0 Å². The lowest BCUT2D eigenvalue weighted by atomic mass is 9.97. The van der Waals surface area contributed by atoms with Gasteiger partial charge >= 0.3 is 0 Å². The maximum Gasteiger partial charge on any atom is 0.222 e. The summed E-state index contributed by atoms with van der Waals surface area (Å²) in [6.45, 7) is 5.04. The van der Waals surface area contributed by atoms with Gasteiger partial charge in [0.25, 0.3) is 0 Å². The van der Waals surface area contributed by atoms with Gasteiger partial charge in [-0.1, -0.05) is 29.8 Å². The van der Waals surface area contributed by atoms with Crippen LogP contribution in [0.2, 0.25) is 0 Å². The van der Waals surface area contributed by atoms with Gasteiger partial charge in [-0.15, -0.1) is 0 Å². The predicted octanol–water partition coefficient (Wildman–Crippen LogP) is 3.17. The second kappa shape index (κ2) is 8.94. The van der Waals surface area contributed by atoms with E-state index < -0.39 is 0 Å². The van der Waals surface area contributed by atoms with Crippen molar-refractivity contribution in [3.8, 4) is 0 Å². The Morgan fingerprint density at radius 1 is 1.27 bits per heavy atom. The zero-order valence-corrected chi connectivity index (χ0v) is 14.1. The number of likely N-dealkylation sites (tertiary alicyclic amines) is 1. The van der Waals surface area contributed by atoms with Crippen LogP contribution >= 0.6 is 0 Å². The second-order valence-electron chi connectivity index (χ2n) is 6.60. The normalized spacial score (nSPS) is 18.5. The molecule has 22 heavy (non-hydrogen) atoms. The predicted molar refractivity (Wildman–Crippen MR) is 92.0 cm³/mol. The van der Waals surface area contributed by atoms with Crippen molar-refractivity contribution in [2.24, 2.45) is 5.92 Å². The summed E-state index contributed by atoms with van der Waals surface area (Å²) >= 11 is 0. The number of rotatable bonds is 7. The third-order valence-corrected chi connectivity index (χ3v) is 4.59. The summed E-state index contributed by atoms with van der Waals surface area (Å²) in [5.74, 6) is 0.986. The van der Waals surface area contributed by atoms with Crippen LogP contribution in [-0.2, 0) is 11.2 Å². The van der Waals surface area contributed by atoms with E-state index in [1.54, 1.807) is 0 Å². The Kier molecular flexibility index (Phi) is 6.91. The van der Waals surface area contributed by atoms with E-state index in [0.717, 1.165) is 45.3 Å². The van der Waals surface area contributed by atoms with Gasteiger partial charge in [0.1, 0.15) is 0 Å². The number of amides is 1. The molecule has 2 rings (SSSR count). The van der Waals surface area contributed by atoms with Gasteiger partial charge in [-0.05, 0) is 64.1 Å². The zero-order valence-electron chi connectivity index (χ0n) is 14.1. The molecule has 1 aromatic rings. The van der Waals surface area contributed by atoms with Crippen molar-refractivity contribution in [3.63, 3.8) is 0 Å². The lowest BCUT2D eigenvalue weighted by Crippen LogP contribution is -2.42. The number of carbonyl (C=O) groups excluding carboxylic acids is 1. The summed E-state index contributed by atoms with van der Waals surface area (Å²) in [6, 6.07) is 8.72. The maximum absolute atomic E-state index is 12.3. The van der Waals surface area contributed by atoms with Crippen molar-refractivity contribution < 1.29 is 4.79 Å². The molecule has 1 fully saturated rings. The third-order valence-electron chi connectivity index (χ3n) is 4.59. The number of piperidine rings is 1. The summed E-state index contributed by atoms with van der Waals surface area (Å²) in [5, 5.41) is 3.23. The minimum atomic E-state index is 0.352. The molecule has 1 atom stereocenters. The lowest BCUT2D eigenvalue weighted by molar-refractivity contribution is -0.133. The van der Waals surface area contributed by atoms with Gasteiger partial charge in [-0.3, -0.25) is 4.79 Å². The first-order valence-corrected chi connectivity index (χ1v) is 8.67. The van der Waals surface area contributed by atoms with Crippen molar-refractivity contribution in [1.29, 1.82) is 0 Å². The Balaban J connectivity index is 1.65. The van der Waals surface area contributed by atoms with Crippen LogP contribution in [0.1, 0.15) is 43.2 Å². The molecule has 1 N–H and O–H groups in total. The average Bonchev–Trinajstić information content (AvgIpc) is 2.53. The summed E-state index contributed by atoms with van der Waals surface area (Å²) < 4.78 is 0. The fourth-order valence-electron chi connectivity index (χ4n) is 3.27. The first-order chi connectivity index (χ1) is 10.7. The molecule has 1 saturated heterocycles. The van der Waals surface area contributed by atoms with E-state index in [1.165, 1.54) is 17.5 Å². The number of nitrogens with zero attached hydrogens (tertiary/aromatic N) is 1. The van der Waals surface area contributed by atoms with Crippen molar-refractivity contribution in [1.82, 2.24) is 10.2 Å². The van der Waals surface area contributed by atoms with Crippen LogP contribution in [0.3, 0.4) is 0 Å². The molecule has 1 aromatic carbocycles. The molecule has 0 bridgehead atoms. The van der Waals surface area contributed by atoms with E-state index in [-0.39, 0.29) is 0 Å². The summed E-state index contributed by atoms with van der Waals surface area (Å²) in [7, 11) is 1.99. The Bertz CT molecular complexity index is 453. The largest absolute Gasteiger partial charge is 0.342 e. The number of hydrogen-bond donors (Lipinski definition) is 1. The van der Waals surface area contributed by atoms with Gasteiger partial charge in [-0.2, -0.15) is 0 Å². The number of benzene rings is 1. The minimum Gasteiger partial charge on any atom is -0.342 e. The molecule has 0 aromatic heterocycles. The van der Waals surface area contributed by atoms with E-state index in [1.807, 2.05) is 7.05 Å². The van der Waals surface area contributed by atoms with Crippen LogP contribution < -0.4 is 5.32 Å². The highest BCUT2D eigenvalue weighted by atomic mass is 16.2. The molecule has 1 unspecified atom stereocenters. The fraction of sp³-hybridized carbons (Fsp3) is 0.632. The highest BCUT2D eigenvalue weighted by Gasteiger charge is 2.22. The Morgan fingerprint density at radius 3 is 2.77 bits per heavy atom. The molecule has 0 radical (unpaired) electrons. The van der Waals surface area contributed by atoms with Gasteiger partial charge in [0.2, 0.25) is 5.91 Å². The Morgan fingerprint density at radius 2 is 2.05 bits per heavy atom. The molecule has 0 spiro atoms. The zero-order chi connectivity index (χ0) is 15.8. The monoisotopic (exact) mass is 302 g/mol. The van der Waals surface area contributed by atoms with Crippen molar-refractivity contribution in [2.75, 3.05) is 26.7 Å². The summed E-state index contributed by atoms with van der Waals surface area (Å²) in [5.41, 5.74) is 2.69. The average molecular weight is 302 g/mol. The fourth-order valence-corrected chi connectivity index (χ4v) is 3.27. The van der Waals surface area contributed by atoms with Crippen LogP contribution in [-0.4, -0.2) is 37.5 Å². The molecular weight excluding hydrogens is 272 g/mol. The minimum absolute atomic E-state index is 0.352. The molecule has 3 heteroatoms. The highest BCUT2D eigenvalue weighted by Crippen LogP contribution is 2.17. The smallest absolute Gasteiger partial charge is 0.222 e. The first-order valence-electron chi connectivity index (χ1n) is 8.67. The highest BCUT2D eigenvalue weighted by molar-refractivity contribution is 5.76. The van der Waals surface area contributed by atoms with E-state index >= 15 is 0 Å². The molecule has 1 aliphatic rings. The SMILES string of the molecule is CNCC1CCCN(C(=O)CCCCc2ccc(C)cc2)C1. The number of aryl methyl sites for hydroxylation is 2. The number of hydrogen-bond acceptors (Lipinski definition) is 2. The molecule has 3 nitrogen and oxygen atoms in total. The lowest BCUT2D eigenvalue weighted by Gasteiger charge is -2.32. The third kappa shape index (κ3) is 5.45. The summed E-state index contributed by atoms with van der Waals surface area (Å²) in [4.78, 5) is 14.4. The topological polar surface area (TPSA) is 32.3 Å². The van der Waals surface area contributed by atoms with Crippen molar-refractivity contribution >= 4 is 5.91 Å². The quantitative estimate of drug-likeness (QED) is 0.785. The number of carbonyl (C=O) groups is 1. The van der Waals surface area contributed by atoms with Gasteiger partial charge in [0.15, 0.2) is 0 Å². The number of unbranched alkanes of at least 4 members (excludes halogenated alkanes) is 1. The molecule has 0 saturated carbocycles. The van der Waals surface area contributed by atoms with Crippen molar-refractivity contribution in [3.05, 3.63) is 35.4 Å². The van der Waals surface area contributed by atoms with Crippen LogP contribution in [0.4, 0.5) is 0 Å². The van der Waals surface area contributed by atoms with E-state index in [2.05, 4.69) is 41.4 Å². The van der Waals surface area contributed by atoms with E-state index in [4.69, 9.17) is 0 Å². The van der Waals surface area contributed by atoms with E-state index in [9.17, 15) is 4.79 Å². The van der Waals surface area contributed by atoms with E-state index in [0.29, 0.717) is 18.2 Å². The molecule has 0 aliphatic carbocycles. The molecule has 1 amide bonds. The molecule has 1 heterocycles. The molecule has 1 aliphatic heterocycles. The van der Waals surface area contributed by atoms with Gasteiger partial charge in [-0.25, -0.2) is 0 Å². The Hall–Kier alpha value is -1.35. The second-order valence-corrected chi connectivity index (χ2v) is 6.60. The van der Waals surface area contributed by atoms with Crippen LogP contribution in [0, 0.1) is 12.8 Å². The molecular formula is C19H30N2O. The summed E-state index contributed by atoms with van der Waals surface area (Å²) in [6.07, 6.45) is 6.29. The Labute approximate surface area is 135 Å². The molecule has 122 valence electrons. The van der Waals surface area contributed by atoms with Gasteiger partial charge < -0.3 is 10.2 Å². The van der Waals surface area contributed by atoms with Crippen LogP contribution in [0.5, 0.6) is 0 Å². The van der Waals surface area contributed by atoms with Crippen LogP contribution in [0.15, 0.2) is 24.3 Å². The maximum atomic E-state index is 12.3. The van der Waals surface area contributed by atoms with Gasteiger partial charge in [0, 0.05) is 19.5 Å². The van der Waals surface area contributed by atoms with Crippen LogP contribution in [0.25, 0.3) is 0 Å². The first kappa shape index (κ1) is 17.0. The number of nitrogens with one attached hydrogen (secondary N) is 1.